The predicted molar refractivity (Wildman–Crippen MR) is 77.9 cm³/mol. The molecule has 1 N–H and O–H groups in total. The molecular weight excluding hydrogens is 337 g/mol. The Labute approximate surface area is 132 Å². The molecule has 0 aliphatic heterocycles. The maximum Gasteiger partial charge on any atom is 0.405 e. The lowest BCUT2D eigenvalue weighted by Crippen LogP contribution is -2.34. The number of thiophene rings is 1. The molecule has 120 valence electrons. The Kier molecular flexibility index (Phi) is 5.46. The number of alkyl halides is 3. The summed E-state index contributed by atoms with van der Waals surface area (Å²) >= 11 is 2.66. The molecule has 2 heterocycles. The lowest BCUT2D eigenvalue weighted by molar-refractivity contribution is -0.136. The number of hydrogen-bond acceptors (Lipinski definition) is 5. The molecule has 0 bridgehead atoms. The molecule has 0 unspecified atom stereocenters. The van der Waals surface area contributed by atoms with E-state index in [1.807, 2.05) is 22.8 Å². The minimum atomic E-state index is -4.40. The van der Waals surface area contributed by atoms with Crippen LogP contribution in [0.5, 0.6) is 0 Å². The molecule has 5 nitrogen and oxygen atoms in total. The summed E-state index contributed by atoms with van der Waals surface area (Å²) in [6.07, 6.45) is -3.78. The van der Waals surface area contributed by atoms with Crippen molar-refractivity contribution in [1.82, 2.24) is 20.1 Å². The molecule has 0 spiro atoms. The van der Waals surface area contributed by atoms with Gasteiger partial charge in [-0.1, -0.05) is 17.8 Å². The van der Waals surface area contributed by atoms with Crippen LogP contribution in [0, 0.1) is 0 Å². The molecule has 2 aromatic rings. The number of amides is 1. The zero-order valence-electron chi connectivity index (χ0n) is 11.6. The summed E-state index contributed by atoms with van der Waals surface area (Å²) in [5.74, 6) is -0.0908. The molecule has 0 fully saturated rings. The van der Waals surface area contributed by atoms with E-state index in [9.17, 15) is 18.0 Å². The van der Waals surface area contributed by atoms with Crippen LogP contribution in [0.3, 0.4) is 0 Å². The third kappa shape index (κ3) is 5.02. The van der Waals surface area contributed by atoms with E-state index in [2.05, 4.69) is 10.2 Å². The average molecular weight is 350 g/mol. The van der Waals surface area contributed by atoms with Gasteiger partial charge < -0.3 is 9.88 Å². The molecule has 0 atom stereocenters. The highest BCUT2D eigenvalue weighted by Gasteiger charge is 2.27. The zero-order valence-corrected chi connectivity index (χ0v) is 13.2. The number of rotatable bonds is 6. The number of thioether (sulfide) groups is 1. The van der Waals surface area contributed by atoms with Crippen LogP contribution in [0.15, 0.2) is 22.7 Å². The third-order valence-corrected chi connectivity index (χ3v) is 4.55. The molecule has 0 aromatic carbocycles. The van der Waals surface area contributed by atoms with E-state index in [1.165, 1.54) is 0 Å². The molecule has 2 rings (SSSR count). The van der Waals surface area contributed by atoms with Crippen molar-refractivity contribution in [2.75, 3.05) is 12.3 Å². The Morgan fingerprint density at radius 3 is 2.86 bits per heavy atom. The molecule has 22 heavy (non-hydrogen) atoms. The van der Waals surface area contributed by atoms with Crippen molar-refractivity contribution in [3.05, 3.63) is 28.2 Å². The molecule has 2 aromatic heterocycles. The predicted octanol–water partition coefficient (Wildman–Crippen LogP) is 2.24. The van der Waals surface area contributed by atoms with Crippen LogP contribution in [0.2, 0.25) is 0 Å². The standard InChI is InChI=1S/C12H13F3N4OS2/c1-19-9(5-8-3-2-4-21-8)17-18-11(19)22-6-10(20)16-7-12(13,14)15/h2-4H,5-7H2,1H3,(H,16,20). The average Bonchev–Trinajstić information content (AvgIpc) is 3.06. The topological polar surface area (TPSA) is 59.8 Å². The van der Waals surface area contributed by atoms with E-state index in [1.54, 1.807) is 23.0 Å². The second kappa shape index (κ2) is 7.14. The fourth-order valence-electron chi connectivity index (χ4n) is 1.57. The quantitative estimate of drug-likeness (QED) is 0.812. The first-order valence-corrected chi connectivity index (χ1v) is 8.08. The fraction of sp³-hybridized carbons (Fsp3) is 0.417. The van der Waals surface area contributed by atoms with E-state index >= 15 is 0 Å². The molecule has 0 aliphatic carbocycles. The second-order valence-electron chi connectivity index (χ2n) is 4.39. The van der Waals surface area contributed by atoms with Gasteiger partial charge in [-0.3, -0.25) is 4.79 Å². The van der Waals surface area contributed by atoms with E-state index in [-0.39, 0.29) is 5.75 Å². The summed E-state index contributed by atoms with van der Waals surface area (Å²) in [5, 5.41) is 12.3. The highest BCUT2D eigenvalue weighted by molar-refractivity contribution is 7.99. The lowest BCUT2D eigenvalue weighted by Gasteiger charge is -2.08. The second-order valence-corrected chi connectivity index (χ2v) is 6.37. The summed E-state index contributed by atoms with van der Waals surface area (Å²) < 4.78 is 37.7. The largest absolute Gasteiger partial charge is 0.405 e. The van der Waals surface area contributed by atoms with Crippen LogP contribution in [0.25, 0.3) is 0 Å². The van der Waals surface area contributed by atoms with E-state index in [4.69, 9.17) is 0 Å². The molecule has 0 saturated carbocycles. The summed E-state index contributed by atoms with van der Waals surface area (Å²) in [6, 6.07) is 3.92. The van der Waals surface area contributed by atoms with Crippen molar-refractivity contribution in [2.45, 2.75) is 17.8 Å². The van der Waals surface area contributed by atoms with Gasteiger partial charge in [0, 0.05) is 18.3 Å². The van der Waals surface area contributed by atoms with Crippen LogP contribution >= 0.6 is 23.1 Å². The first kappa shape index (κ1) is 16.8. The Bertz CT molecular complexity index is 625. The molecule has 0 aliphatic rings. The smallest absolute Gasteiger partial charge is 0.346 e. The zero-order chi connectivity index (χ0) is 16.2. The minimum absolute atomic E-state index is 0.138. The summed E-state index contributed by atoms with van der Waals surface area (Å²) in [5.41, 5.74) is 0. The van der Waals surface area contributed by atoms with Crippen LogP contribution in [0.1, 0.15) is 10.7 Å². The van der Waals surface area contributed by atoms with Gasteiger partial charge in [0.1, 0.15) is 12.4 Å². The Morgan fingerprint density at radius 1 is 1.45 bits per heavy atom. The van der Waals surface area contributed by atoms with Crippen molar-refractivity contribution in [3.8, 4) is 0 Å². The molecule has 0 radical (unpaired) electrons. The maximum atomic E-state index is 12.0. The molecule has 10 heteroatoms. The molecule has 1 amide bonds. The Hall–Kier alpha value is -1.55. The fourth-order valence-corrected chi connectivity index (χ4v) is 3.03. The van der Waals surface area contributed by atoms with Crippen LogP contribution in [-0.2, 0) is 18.3 Å². The van der Waals surface area contributed by atoms with Gasteiger partial charge in [0.2, 0.25) is 5.91 Å². The maximum absolute atomic E-state index is 12.0. The third-order valence-electron chi connectivity index (χ3n) is 2.66. The van der Waals surface area contributed by atoms with Gasteiger partial charge in [-0.05, 0) is 11.4 Å². The van der Waals surface area contributed by atoms with E-state index in [0.717, 1.165) is 22.5 Å². The molecule has 0 saturated heterocycles. The lowest BCUT2D eigenvalue weighted by atomic mass is 10.3. The first-order valence-electron chi connectivity index (χ1n) is 6.22. The summed E-state index contributed by atoms with van der Waals surface area (Å²) in [6.45, 7) is -1.32. The highest BCUT2D eigenvalue weighted by Crippen LogP contribution is 2.19. The monoisotopic (exact) mass is 350 g/mol. The number of aromatic nitrogens is 3. The number of hydrogen-bond donors (Lipinski definition) is 1. The van der Waals surface area contributed by atoms with Crippen LogP contribution in [-0.4, -0.2) is 39.1 Å². The normalized spacial score (nSPS) is 11.6. The van der Waals surface area contributed by atoms with Crippen molar-refractivity contribution in [2.24, 2.45) is 7.05 Å². The number of carbonyl (C=O) groups is 1. The van der Waals surface area contributed by atoms with E-state index < -0.39 is 18.6 Å². The van der Waals surface area contributed by atoms with Crippen molar-refractivity contribution in [3.63, 3.8) is 0 Å². The van der Waals surface area contributed by atoms with Crippen molar-refractivity contribution < 1.29 is 18.0 Å². The number of carbonyl (C=O) groups excluding carboxylic acids is 1. The minimum Gasteiger partial charge on any atom is -0.346 e. The van der Waals surface area contributed by atoms with Gasteiger partial charge in [0.05, 0.1) is 5.75 Å². The summed E-state index contributed by atoms with van der Waals surface area (Å²) in [4.78, 5) is 12.5. The molecular formula is C12H13F3N4OS2. The number of nitrogens with one attached hydrogen (secondary N) is 1. The van der Waals surface area contributed by atoms with Gasteiger partial charge in [-0.25, -0.2) is 0 Å². The van der Waals surface area contributed by atoms with E-state index in [0.29, 0.717) is 11.6 Å². The van der Waals surface area contributed by atoms with Crippen LogP contribution in [0.4, 0.5) is 13.2 Å². The highest BCUT2D eigenvalue weighted by atomic mass is 32.2. The Morgan fingerprint density at radius 2 is 2.23 bits per heavy atom. The van der Waals surface area contributed by atoms with Gasteiger partial charge in [0.15, 0.2) is 5.16 Å². The first-order chi connectivity index (χ1) is 10.3. The Balaban J connectivity index is 1.86. The van der Waals surface area contributed by atoms with Crippen LogP contribution < -0.4 is 5.32 Å². The number of nitrogens with zero attached hydrogens (tertiary/aromatic N) is 3. The van der Waals surface area contributed by atoms with Gasteiger partial charge >= 0.3 is 6.18 Å². The van der Waals surface area contributed by atoms with Crippen molar-refractivity contribution >= 4 is 29.0 Å². The van der Waals surface area contributed by atoms with Gasteiger partial charge in [-0.2, -0.15) is 13.2 Å². The number of halogens is 3. The van der Waals surface area contributed by atoms with Gasteiger partial charge in [0.25, 0.3) is 0 Å². The van der Waals surface area contributed by atoms with Gasteiger partial charge in [-0.15, -0.1) is 21.5 Å². The summed E-state index contributed by atoms with van der Waals surface area (Å²) in [7, 11) is 1.76. The SMILES string of the molecule is Cn1c(Cc2cccs2)nnc1SCC(=O)NCC(F)(F)F. The van der Waals surface area contributed by atoms with Crippen molar-refractivity contribution in [1.29, 1.82) is 0 Å².